The molecule has 0 heterocycles. The molecule has 0 rings (SSSR count). The minimum atomic E-state index is -0.145. The predicted molar refractivity (Wildman–Crippen MR) is 35.0 cm³/mol. The molecule has 0 atom stereocenters. The van der Waals surface area contributed by atoms with E-state index in [1.807, 2.05) is 0 Å². The molecule has 0 aromatic heterocycles. The van der Waals surface area contributed by atoms with Gasteiger partial charge in [0, 0.05) is 7.05 Å². The fourth-order valence-corrected chi connectivity index (χ4v) is 0.396. The lowest BCUT2D eigenvalue weighted by atomic mass is 11.0. The van der Waals surface area contributed by atoms with Crippen molar-refractivity contribution in [2.75, 3.05) is 13.8 Å². The van der Waals surface area contributed by atoms with Crippen LogP contribution in [0.4, 0.5) is 0 Å². The molecule has 8 heavy (non-hydrogen) atoms. The van der Waals surface area contributed by atoms with Crippen LogP contribution in [0.3, 0.4) is 0 Å². The van der Waals surface area contributed by atoms with Crippen molar-refractivity contribution in [2.24, 2.45) is 0 Å². The number of hydrogen-bond acceptors (Lipinski definition) is 3. The van der Waals surface area contributed by atoms with Gasteiger partial charge in [-0.15, -0.1) is 0 Å². The highest BCUT2D eigenvalue weighted by Gasteiger charge is 1.84. The van der Waals surface area contributed by atoms with Crippen LogP contribution in [0.5, 0.6) is 0 Å². The van der Waals surface area contributed by atoms with Gasteiger partial charge in [0.25, 0.3) is 0 Å². The van der Waals surface area contributed by atoms with Gasteiger partial charge in [0.15, 0.2) is 5.11 Å². The molecule has 4 nitrogen and oxygen atoms in total. The molecule has 0 aromatic rings. The molecule has 0 aliphatic carbocycles. The van der Waals surface area contributed by atoms with E-state index in [4.69, 9.17) is 5.11 Å². The summed E-state index contributed by atoms with van der Waals surface area (Å²) in [6, 6.07) is 0. The Morgan fingerprint density at radius 1 is 1.75 bits per heavy atom. The van der Waals surface area contributed by atoms with E-state index >= 15 is 0 Å². The van der Waals surface area contributed by atoms with E-state index in [0.717, 1.165) is 0 Å². The summed E-state index contributed by atoms with van der Waals surface area (Å²) in [4.78, 5) is 0. The molecular weight excluding hydrogens is 126 g/mol. The highest BCUT2D eigenvalue weighted by Crippen LogP contribution is 1.56. The van der Waals surface area contributed by atoms with Crippen molar-refractivity contribution in [1.29, 1.82) is 0 Å². The maximum Gasteiger partial charge on any atom is 0.182 e. The molecule has 0 saturated carbocycles. The number of thiocarbonyl (C=S) groups is 1. The number of aliphatic hydroxyl groups is 1. The van der Waals surface area contributed by atoms with Crippen LogP contribution in [0.25, 0.3) is 0 Å². The van der Waals surface area contributed by atoms with Gasteiger partial charge >= 0.3 is 0 Å². The first kappa shape index (κ1) is 7.61. The SMILES string of the molecule is CNNC(=S)NCO. The van der Waals surface area contributed by atoms with Crippen molar-refractivity contribution >= 4 is 17.3 Å². The normalized spacial score (nSPS) is 8.25. The first-order valence-corrected chi connectivity index (χ1v) is 2.53. The van der Waals surface area contributed by atoms with Crippen molar-refractivity contribution in [1.82, 2.24) is 16.2 Å². The summed E-state index contributed by atoms with van der Waals surface area (Å²) in [5.41, 5.74) is 5.14. The van der Waals surface area contributed by atoms with Gasteiger partial charge in [-0.3, -0.25) is 5.43 Å². The van der Waals surface area contributed by atoms with Gasteiger partial charge in [-0.05, 0) is 12.2 Å². The van der Waals surface area contributed by atoms with Crippen LogP contribution in [-0.2, 0) is 0 Å². The Morgan fingerprint density at radius 3 is 2.75 bits per heavy atom. The molecule has 0 radical (unpaired) electrons. The predicted octanol–water partition coefficient (Wildman–Crippen LogP) is -1.47. The topological polar surface area (TPSA) is 56.3 Å². The number of aliphatic hydroxyl groups excluding tert-OH is 1. The lowest BCUT2D eigenvalue weighted by molar-refractivity contribution is 0.285. The molecule has 5 heteroatoms. The van der Waals surface area contributed by atoms with Gasteiger partial charge < -0.3 is 10.4 Å². The maximum absolute atomic E-state index is 8.20. The Hall–Kier alpha value is -0.390. The van der Waals surface area contributed by atoms with E-state index in [0.29, 0.717) is 5.11 Å². The molecule has 4 N–H and O–H groups in total. The third-order valence-electron chi connectivity index (χ3n) is 0.478. The second-order valence-electron chi connectivity index (χ2n) is 1.04. The minimum Gasteiger partial charge on any atom is -0.377 e. The third-order valence-corrected chi connectivity index (χ3v) is 0.725. The molecular formula is C3H9N3OS. The van der Waals surface area contributed by atoms with Gasteiger partial charge in [-0.2, -0.15) is 0 Å². The Balaban J connectivity index is 3.06. The first-order chi connectivity index (χ1) is 3.81. The zero-order chi connectivity index (χ0) is 6.41. The average molecular weight is 135 g/mol. The molecule has 0 aliphatic rings. The fourth-order valence-electron chi connectivity index (χ4n) is 0.230. The summed E-state index contributed by atoms with van der Waals surface area (Å²) < 4.78 is 0. The number of hydrazine groups is 1. The average Bonchev–Trinajstić information content (AvgIpc) is 1.68. The number of nitrogens with one attached hydrogen (secondary N) is 3. The molecule has 0 unspecified atom stereocenters. The van der Waals surface area contributed by atoms with E-state index in [9.17, 15) is 0 Å². The summed E-state index contributed by atoms with van der Waals surface area (Å²) in [6.07, 6.45) is 0. The quantitative estimate of drug-likeness (QED) is 0.212. The number of hydrogen-bond donors (Lipinski definition) is 4. The molecule has 0 fully saturated rings. The summed E-state index contributed by atoms with van der Waals surface area (Å²) in [6.45, 7) is -0.145. The summed E-state index contributed by atoms with van der Waals surface area (Å²) in [5.74, 6) is 0. The van der Waals surface area contributed by atoms with Crippen molar-refractivity contribution in [2.45, 2.75) is 0 Å². The molecule has 0 spiro atoms. The second kappa shape index (κ2) is 4.76. The number of rotatable bonds is 2. The minimum absolute atomic E-state index is 0.145. The maximum atomic E-state index is 8.20. The Kier molecular flexibility index (Phi) is 4.53. The van der Waals surface area contributed by atoms with Crippen LogP contribution in [-0.4, -0.2) is 24.0 Å². The highest BCUT2D eigenvalue weighted by atomic mass is 32.1. The molecule has 0 saturated heterocycles. The molecule has 0 aromatic carbocycles. The molecule has 0 aliphatic heterocycles. The van der Waals surface area contributed by atoms with Crippen LogP contribution >= 0.6 is 12.2 Å². The van der Waals surface area contributed by atoms with E-state index in [2.05, 4.69) is 28.4 Å². The van der Waals surface area contributed by atoms with Crippen LogP contribution < -0.4 is 16.2 Å². The van der Waals surface area contributed by atoms with Crippen molar-refractivity contribution in [3.8, 4) is 0 Å². The van der Waals surface area contributed by atoms with Crippen molar-refractivity contribution in [3.05, 3.63) is 0 Å². The Labute approximate surface area is 53.2 Å². The zero-order valence-corrected chi connectivity index (χ0v) is 5.38. The lowest BCUT2D eigenvalue weighted by Gasteiger charge is -2.04. The largest absolute Gasteiger partial charge is 0.377 e. The smallest absolute Gasteiger partial charge is 0.182 e. The zero-order valence-electron chi connectivity index (χ0n) is 4.56. The van der Waals surface area contributed by atoms with Crippen molar-refractivity contribution in [3.63, 3.8) is 0 Å². The first-order valence-electron chi connectivity index (χ1n) is 2.12. The fraction of sp³-hybridized carbons (Fsp3) is 0.667. The van der Waals surface area contributed by atoms with E-state index in [1.165, 1.54) is 0 Å². The van der Waals surface area contributed by atoms with Gasteiger partial charge in [-0.1, -0.05) is 0 Å². The lowest BCUT2D eigenvalue weighted by Crippen LogP contribution is -2.42. The molecule has 48 valence electrons. The summed E-state index contributed by atoms with van der Waals surface area (Å²) in [7, 11) is 1.69. The standard InChI is InChI=1S/C3H9N3OS/c1-4-6-3(8)5-2-7/h4,7H,2H2,1H3,(H2,5,6,8). The second-order valence-corrected chi connectivity index (χ2v) is 1.45. The van der Waals surface area contributed by atoms with Crippen LogP contribution in [0.15, 0.2) is 0 Å². The monoisotopic (exact) mass is 135 g/mol. The van der Waals surface area contributed by atoms with E-state index < -0.39 is 0 Å². The molecule has 0 bridgehead atoms. The van der Waals surface area contributed by atoms with Gasteiger partial charge in [0.05, 0.1) is 0 Å². The Bertz CT molecular complexity index is 68.9. The van der Waals surface area contributed by atoms with Crippen LogP contribution in [0, 0.1) is 0 Å². The van der Waals surface area contributed by atoms with Crippen LogP contribution in [0.1, 0.15) is 0 Å². The summed E-state index contributed by atoms with van der Waals surface area (Å²) >= 11 is 4.61. The molecule has 0 amide bonds. The van der Waals surface area contributed by atoms with E-state index in [-0.39, 0.29) is 6.73 Å². The van der Waals surface area contributed by atoms with Crippen LogP contribution in [0.2, 0.25) is 0 Å². The van der Waals surface area contributed by atoms with Gasteiger partial charge in [0.1, 0.15) is 6.73 Å². The van der Waals surface area contributed by atoms with Crippen molar-refractivity contribution < 1.29 is 5.11 Å². The summed E-state index contributed by atoms with van der Waals surface area (Å²) in [5, 5.41) is 11.0. The van der Waals surface area contributed by atoms with E-state index in [1.54, 1.807) is 7.05 Å². The van der Waals surface area contributed by atoms with Gasteiger partial charge in [-0.25, -0.2) is 5.43 Å². The third kappa shape index (κ3) is 3.79. The van der Waals surface area contributed by atoms with Gasteiger partial charge in [0.2, 0.25) is 0 Å². The highest BCUT2D eigenvalue weighted by molar-refractivity contribution is 7.80. The Morgan fingerprint density at radius 2 is 2.38 bits per heavy atom.